The fraction of sp³-hybridized carbons (Fsp3) is 0.316. The highest BCUT2D eigenvalue weighted by atomic mass is 32.2. The SMILES string of the molecule is COC(=O)C1CC(Oc2ccccc2F)CN1S(=O)(=O)c1cccc(C)c1. The predicted molar refractivity (Wildman–Crippen MR) is 96.3 cm³/mol. The highest BCUT2D eigenvalue weighted by molar-refractivity contribution is 7.89. The van der Waals surface area contributed by atoms with Crippen LogP contribution >= 0.6 is 0 Å². The molecule has 0 spiro atoms. The van der Waals surface area contributed by atoms with Crippen LogP contribution in [-0.2, 0) is 19.6 Å². The van der Waals surface area contributed by atoms with Crippen LogP contribution in [0.15, 0.2) is 53.4 Å². The van der Waals surface area contributed by atoms with Gasteiger partial charge in [-0.1, -0.05) is 24.3 Å². The Bertz CT molecular complexity index is 947. The lowest BCUT2D eigenvalue weighted by atomic mass is 10.2. The van der Waals surface area contributed by atoms with Gasteiger partial charge in [0.05, 0.1) is 18.6 Å². The molecule has 0 aliphatic carbocycles. The van der Waals surface area contributed by atoms with Crippen LogP contribution in [0.2, 0.25) is 0 Å². The zero-order chi connectivity index (χ0) is 19.6. The summed E-state index contributed by atoms with van der Waals surface area (Å²) in [5, 5.41) is 0. The van der Waals surface area contributed by atoms with Crippen LogP contribution in [0.5, 0.6) is 5.75 Å². The van der Waals surface area contributed by atoms with Crippen LogP contribution in [0, 0.1) is 12.7 Å². The molecule has 1 aliphatic rings. The van der Waals surface area contributed by atoms with Gasteiger partial charge in [0, 0.05) is 6.42 Å². The van der Waals surface area contributed by atoms with E-state index in [4.69, 9.17) is 9.47 Å². The molecule has 1 heterocycles. The summed E-state index contributed by atoms with van der Waals surface area (Å²) >= 11 is 0. The predicted octanol–water partition coefficient (Wildman–Crippen LogP) is 2.52. The summed E-state index contributed by atoms with van der Waals surface area (Å²) in [5.41, 5.74) is 0.782. The van der Waals surface area contributed by atoms with Crippen molar-refractivity contribution in [2.24, 2.45) is 0 Å². The number of para-hydroxylation sites is 1. The standard InChI is InChI=1S/C19H20FNO5S/c1-13-6-5-7-15(10-13)27(23,24)21-12-14(11-17(21)19(22)25-2)26-18-9-4-3-8-16(18)20/h3-10,14,17H,11-12H2,1-2H3. The summed E-state index contributed by atoms with van der Waals surface area (Å²) in [7, 11) is -2.74. The zero-order valence-electron chi connectivity index (χ0n) is 15.0. The van der Waals surface area contributed by atoms with Crippen LogP contribution in [0.4, 0.5) is 4.39 Å². The first-order valence-electron chi connectivity index (χ1n) is 8.40. The lowest BCUT2D eigenvalue weighted by molar-refractivity contribution is -0.144. The van der Waals surface area contributed by atoms with E-state index in [1.807, 2.05) is 0 Å². The number of halogens is 1. The van der Waals surface area contributed by atoms with Crippen LogP contribution in [-0.4, -0.2) is 44.5 Å². The van der Waals surface area contributed by atoms with Crippen molar-refractivity contribution >= 4 is 16.0 Å². The number of aryl methyl sites for hydroxylation is 1. The van der Waals surface area contributed by atoms with Gasteiger partial charge in [0.1, 0.15) is 12.1 Å². The molecule has 1 fully saturated rings. The molecule has 1 saturated heterocycles. The third-order valence-corrected chi connectivity index (χ3v) is 6.29. The van der Waals surface area contributed by atoms with Gasteiger partial charge in [-0.15, -0.1) is 0 Å². The highest BCUT2D eigenvalue weighted by Gasteiger charge is 2.45. The van der Waals surface area contributed by atoms with Gasteiger partial charge in [-0.05, 0) is 36.8 Å². The maximum Gasteiger partial charge on any atom is 0.324 e. The maximum atomic E-state index is 13.9. The van der Waals surface area contributed by atoms with Crippen LogP contribution in [0.1, 0.15) is 12.0 Å². The summed E-state index contributed by atoms with van der Waals surface area (Å²) in [6.07, 6.45) is -0.600. The molecule has 0 N–H and O–H groups in total. The maximum absolute atomic E-state index is 13.9. The molecule has 0 bridgehead atoms. The zero-order valence-corrected chi connectivity index (χ0v) is 15.8. The van der Waals surface area contributed by atoms with E-state index in [0.29, 0.717) is 0 Å². The molecule has 8 heteroatoms. The fourth-order valence-corrected chi connectivity index (χ4v) is 4.83. The monoisotopic (exact) mass is 393 g/mol. The van der Waals surface area contributed by atoms with Gasteiger partial charge in [0.2, 0.25) is 10.0 Å². The Morgan fingerprint density at radius 1 is 1.19 bits per heavy atom. The number of benzene rings is 2. The van der Waals surface area contributed by atoms with Crippen molar-refractivity contribution in [3.8, 4) is 5.75 Å². The Kier molecular flexibility index (Phi) is 5.48. The molecular weight excluding hydrogens is 373 g/mol. The van der Waals surface area contributed by atoms with Crippen molar-refractivity contribution in [1.82, 2.24) is 4.31 Å². The Balaban J connectivity index is 1.90. The number of carbonyl (C=O) groups is 1. The summed E-state index contributed by atoms with van der Waals surface area (Å²) in [6.45, 7) is 1.70. The normalized spacial score (nSPS) is 20.4. The molecule has 144 valence electrons. The molecule has 0 radical (unpaired) electrons. The number of methoxy groups -OCH3 is 1. The number of rotatable bonds is 5. The molecule has 0 saturated carbocycles. The molecule has 1 aliphatic heterocycles. The Morgan fingerprint density at radius 2 is 1.93 bits per heavy atom. The van der Waals surface area contributed by atoms with E-state index in [-0.39, 0.29) is 23.6 Å². The summed E-state index contributed by atoms with van der Waals surface area (Å²) in [4.78, 5) is 12.3. The summed E-state index contributed by atoms with van der Waals surface area (Å²) in [6, 6.07) is 11.3. The second-order valence-electron chi connectivity index (χ2n) is 6.34. The smallest absolute Gasteiger partial charge is 0.324 e. The van der Waals surface area contributed by atoms with E-state index in [1.165, 1.54) is 37.4 Å². The first-order chi connectivity index (χ1) is 12.8. The van der Waals surface area contributed by atoms with Crippen molar-refractivity contribution in [1.29, 1.82) is 0 Å². The second-order valence-corrected chi connectivity index (χ2v) is 8.23. The van der Waals surface area contributed by atoms with Crippen LogP contribution in [0.25, 0.3) is 0 Å². The van der Waals surface area contributed by atoms with Crippen molar-refractivity contribution < 1.29 is 27.1 Å². The average molecular weight is 393 g/mol. The summed E-state index contributed by atoms with van der Waals surface area (Å²) in [5.74, 6) is -1.21. The topological polar surface area (TPSA) is 72.9 Å². The van der Waals surface area contributed by atoms with E-state index in [2.05, 4.69) is 0 Å². The van der Waals surface area contributed by atoms with E-state index in [0.717, 1.165) is 9.87 Å². The van der Waals surface area contributed by atoms with E-state index in [9.17, 15) is 17.6 Å². The van der Waals surface area contributed by atoms with Crippen molar-refractivity contribution in [3.05, 3.63) is 59.9 Å². The molecule has 3 rings (SSSR count). The summed E-state index contributed by atoms with van der Waals surface area (Å²) < 4.78 is 51.5. The lowest BCUT2D eigenvalue weighted by Crippen LogP contribution is -2.41. The van der Waals surface area contributed by atoms with Gasteiger partial charge >= 0.3 is 5.97 Å². The van der Waals surface area contributed by atoms with Crippen molar-refractivity contribution in [3.63, 3.8) is 0 Å². The molecular formula is C19H20FNO5S. The lowest BCUT2D eigenvalue weighted by Gasteiger charge is -2.22. The number of hydrogen-bond acceptors (Lipinski definition) is 5. The minimum atomic E-state index is -3.94. The molecule has 2 unspecified atom stereocenters. The molecule has 27 heavy (non-hydrogen) atoms. The number of carbonyl (C=O) groups excluding carboxylic acids is 1. The minimum Gasteiger partial charge on any atom is -0.486 e. The van der Waals surface area contributed by atoms with Gasteiger partial charge in [-0.25, -0.2) is 12.8 Å². The molecule has 0 amide bonds. The molecule has 2 aromatic rings. The largest absolute Gasteiger partial charge is 0.486 e. The van der Waals surface area contributed by atoms with Gasteiger partial charge in [0.25, 0.3) is 0 Å². The van der Waals surface area contributed by atoms with E-state index in [1.54, 1.807) is 25.1 Å². The molecule has 6 nitrogen and oxygen atoms in total. The van der Waals surface area contributed by atoms with Crippen molar-refractivity contribution in [2.45, 2.75) is 30.4 Å². The highest BCUT2D eigenvalue weighted by Crippen LogP contribution is 2.30. The van der Waals surface area contributed by atoms with Crippen LogP contribution < -0.4 is 4.74 Å². The Hall–Kier alpha value is -2.45. The molecule has 2 aromatic carbocycles. The second kappa shape index (κ2) is 7.66. The fourth-order valence-electron chi connectivity index (χ4n) is 3.10. The first-order valence-corrected chi connectivity index (χ1v) is 9.84. The van der Waals surface area contributed by atoms with E-state index >= 15 is 0 Å². The number of ether oxygens (including phenoxy) is 2. The molecule has 2 atom stereocenters. The Morgan fingerprint density at radius 3 is 2.59 bits per heavy atom. The third-order valence-electron chi connectivity index (χ3n) is 4.42. The average Bonchev–Trinajstić information content (AvgIpc) is 3.08. The number of esters is 1. The van der Waals surface area contributed by atoms with Crippen molar-refractivity contribution in [2.75, 3.05) is 13.7 Å². The third kappa shape index (κ3) is 3.96. The number of sulfonamides is 1. The van der Waals surface area contributed by atoms with Gasteiger partial charge in [-0.3, -0.25) is 4.79 Å². The molecule has 0 aromatic heterocycles. The van der Waals surface area contributed by atoms with Gasteiger partial charge in [0.15, 0.2) is 11.6 Å². The van der Waals surface area contributed by atoms with Gasteiger partial charge in [-0.2, -0.15) is 4.31 Å². The number of nitrogens with zero attached hydrogens (tertiary/aromatic N) is 1. The Labute approximate surface area is 157 Å². The van der Waals surface area contributed by atoms with Gasteiger partial charge < -0.3 is 9.47 Å². The van der Waals surface area contributed by atoms with Crippen LogP contribution in [0.3, 0.4) is 0 Å². The quantitative estimate of drug-likeness (QED) is 0.730. The minimum absolute atomic E-state index is 0.0147. The number of hydrogen-bond donors (Lipinski definition) is 0. The van der Waals surface area contributed by atoms with E-state index < -0.39 is 34.0 Å². The first kappa shape index (κ1) is 19.3.